The number of ether oxygens (including phenoxy) is 1. The molecule has 0 saturated heterocycles. The number of carbonyl (C=O) groups is 2. The first kappa shape index (κ1) is 20.7. The standard InChI is InChI=1S/C19H22ClN3O4/c1-4-9-27-11-16(19(25)26)22-18(24)15-10-21-23(17(15)12(2)3)14-7-5-13(20)6-8-14/h4-8,10,12,16H,1,9,11H2,2-3H3,(H,22,24)(H,25,26). The molecule has 0 aliphatic heterocycles. The van der Waals surface area contributed by atoms with Gasteiger partial charge in [0.15, 0.2) is 6.04 Å². The molecule has 1 aromatic heterocycles. The fraction of sp³-hybridized carbons (Fsp3) is 0.316. The second-order valence-corrected chi connectivity index (χ2v) is 6.61. The lowest BCUT2D eigenvalue weighted by Crippen LogP contribution is -2.44. The average molecular weight is 392 g/mol. The number of amides is 1. The number of nitrogens with zero attached hydrogens (tertiary/aromatic N) is 2. The molecule has 2 N–H and O–H groups in total. The minimum atomic E-state index is -1.18. The van der Waals surface area contributed by atoms with Crippen LogP contribution in [0.25, 0.3) is 5.69 Å². The number of nitrogens with one attached hydrogen (secondary N) is 1. The van der Waals surface area contributed by atoms with E-state index in [1.165, 1.54) is 12.3 Å². The Kier molecular flexibility index (Phi) is 7.15. The molecule has 0 aliphatic carbocycles. The van der Waals surface area contributed by atoms with E-state index in [1.807, 2.05) is 13.8 Å². The molecule has 1 atom stereocenters. The van der Waals surface area contributed by atoms with Crippen molar-refractivity contribution in [1.82, 2.24) is 15.1 Å². The van der Waals surface area contributed by atoms with Crippen molar-refractivity contribution < 1.29 is 19.4 Å². The summed E-state index contributed by atoms with van der Waals surface area (Å²) >= 11 is 5.93. The van der Waals surface area contributed by atoms with Crippen LogP contribution in [0.1, 0.15) is 35.8 Å². The van der Waals surface area contributed by atoms with Crippen molar-refractivity contribution >= 4 is 23.5 Å². The fourth-order valence-electron chi connectivity index (χ4n) is 2.56. The summed E-state index contributed by atoms with van der Waals surface area (Å²) in [5.41, 5.74) is 1.74. The van der Waals surface area contributed by atoms with Crippen molar-refractivity contribution in [2.45, 2.75) is 25.8 Å². The Morgan fingerprint density at radius 1 is 1.37 bits per heavy atom. The zero-order chi connectivity index (χ0) is 20.0. The van der Waals surface area contributed by atoms with Gasteiger partial charge in [-0.05, 0) is 30.2 Å². The number of aromatic nitrogens is 2. The largest absolute Gasteiger partial charge is 0.480 e. The van der Waals surface area contributed by atoms with E-state index in [0.29, 0.717) is 16.3 Å². The van der Waals surface area contributed by atoms with Gasteiger partial charge in [0.1, 0.15) is 0 Å². The normalized spacial score (nSPS) is 12.0. The smallest absolute Gasteiger partial charge is 0.328 e. The van der Waals surface area contributed by atoms with E-state index < -0.39 is 17.9 Å². The van der Waals surface area contributed by atoms with Crippen molar-refractivity contribution in [3.05, 3.63) is 59.4 Å². The van der Waals surface area contributed by atoms with Crippen molar-refractivity contribution in [3.8, 4) is 5.69 Å². The summed E-state index contributed by atoms with van der Waals surface area (Å²) in [6.45, 7) is 7.41. The van der Waals surface area contributed by atoms with Gasteiger partial charge in [-0.3, -0.25) is 4.79 Å². The van der Waals surface area contributed by atoms with Crippen molar-refractivity contribution in [1.29, 1.82) is 0 Å². The molecular weight excluding hydrogens is 370 g/mol. The molecule has 1 heterocycles. The lowest BCUT2D eigenvalue weighted by Gasteiger charge is -2.16. The minimum absolute atomic E-state index is 0.0239. The van der Waals surface area contributed by atoms with Gasteiger partial charge < -0.3 is 15.2 Å². The molecule has 0 aliphatic rings. The molecule has 7 nitrogen and oxygen atoms in total. The Hall–Kier alpha value is -2.64. The van der Waals surface area contributed by atoms with Crippen LogP contribution >= 0.6 is 11.6 Å². The lowest BCUT2D eigenvalue weighted by atomic mass is 10.0. The highest BCUT2D eigenvalue weighted by Crippen LogP contribution is 2.24. The van der Waals surface area contributed by atoms with E-state index in [-0.39, 0.29) is 19.1 Å². The number of rotatable bonds is 9. The highest BCUT2D eigenvalue weighted by atomic mass is 35.5. The summed E-state index contributed by atoms with van der Waals surface area (Å²) in [4.78, 5) is 24.1. The predicted molar refractivity (Wildman–Crippen MR) is 103 cm³/mol. The van der Waals surface area contributed by atoms with Gasteiger partial charge in [-0.25, -0.2) is 9.48 Å². The average Bonchev–Trinajstić information content (AvgIpc) is 3.07. The molecular formula is C19H22ClN3O4. The zero-order valence-electron chi connectivity index (χ0n) is 15.2. The number of carbonyl (C=O) groups excluding carboxylic acids is 1. The van der Waals surface area contributed by atoms with Crippen molar-refractivity contribution in [2.24, 2.45) is 0 Å². The van der Waals surface area contributed by atoms with Gasteiger partial charge in [0.05, 0.1) is 36.4 Å². The first-order valence-corrected chi connectivity index (χ1v) is 8.79. The SMILES string of the molecule is C=CCOCC(NC(=O)c1cnn(-c2ccc(Cl)cc2)c1C(C)C)C(=O)O. The van der Waals surface area contributed by atoms with Crippen LogP contribution in [0.5, 0.6) is 0 Å². The van der Waals surface area contributed by atoms with Gasteiger partial charge >= 0.3 is 5.97 Å². The molecule has 0 spiro atoms. The molecule has 8 heteroatoms. The molecule has 2 rings (SSSR count). The molecule has 0 radical (unpaired) electrons. The molecule has 2 aromatic rings. The van der Waals surface area contributed by atoms with Crippen molar-refractivity contribution in [3.63, 3.8) is 0 Å². The van der Waals surface area contributed by atoms with Crippen LogP contribution in [0.2, 0.25) is 5.02 Å². The molecule has 144 valence electrons. The number of benzene rings is 1. The molecule has 0 bridgehead atoms. The third-order valence-electron chi connectivity index (χ3n) is 3.79. The zero-order valence-corrected chi connectivity index (χ0v) is 15.9. The van der Waals surface area contributed by atoms with Gasteiger partial charge in [0, 0.05) is 5.02 Å². The Morgan fingerprint density at radius 3 is 2.59 bits per heavy atom. The molecule has 1 unspecified atom stereocenters. The molecule has 1 aromatic carbocycles. The third-order valence-corrected chi connectivity index (χ3v) is 4.04. The van der Waals surface area contributed by atoms with Crippen LogP contribution < -0.4 is 5.32 Å². The maximum Gasteiger partial charge on any atom is 0.328 e. The Bertz CT molecular complexity index is 815. The van der Waals surface area contributed by atoms with Crippen LogP contribution in [0, 0.1) is 0 Å². The van der Waals surface area contributed by atoms with E-state index in [1.54, 1.807) is 28.9 Å². The number of hydrogen-bond acceptors (Lipinski definition) is 4. The maximum absolute atomic E-state index is 12.7. The van der Waals surface area contributed by atoms with Crippen LogP contribution in [0.4, 0.5) is 0 Å². The topological polar surface area (TPSA) is 93.5 Å². The Balaban J connectivity index is 2.28. The van der Waals surface area contributed by atoms with E-state index in [2.05, 4.69) is 17.0 Å². The van der Waals surface area contributed by atoms with Crippen LogP contribution in [0.15, 0.2) is 43.1 Å². The van der Waals surface area contributed by atoms with Gasteiger partial charge in [-0.2, -0.15) is 5.10 Å². The maximum atomic E-state index is 12.7. The van der Waals surface area contributed by atoms with Crippen molar-refractivity contribution in [2.75, 3.05) is 13.2 Å². The summed E-state index contributed by atoms with van der Waals surface area (Å²) in [5, 5.41) is 16.7. The van der Waals surface area contributed by atoms with Gasteiger partial charge in [-0.1, -0.05) is 31.5 Å². The summed E-state index contributed by atoms with van der Waals surface area (Å²) in [6, 6.07) is 5.90. The molecule has 0 saturated carbocycles. The van der Waals surface area contributed by atoms with E-state index in [4.69, 9.17) is 16.3 Å². The van der Waals surface area contributed by atoms with Crippen LogP contribution in [-0.2, 0) is 9.53 Å². The van der Waals surface area contributed by atoms with E-state index in [9.17, 15) is 14.7 Å². The first-order chi connectivity index (χ1) is 12.8. The summed E-state index contributed by atoms with van der Waals surface area (Å²) in [5.74, 6) is -1.72. The number of carboxylic acid groups (broad SMARTS) is 1. The summed E-state index contributed by atoms with van der Waals surface area (Å²) < 4.78 is 6.81. The highest BCUT2D eigenvalue weighted by Gasteiger charge is 2.25. The first-order valence-electron chi connectivity index (χ1n) is 8.41. The van der Waals surface area contributed by atoms with Crippen LogP contribution in [-0.4, -0.2) is 46.0 Å². The highest BCUT2D eigenvalue weighted by molar-refractivity contribution is 6.30. The molecule has 0 fully saturated rings. The third kappa shape index (κ3) is 5.18. The number of hydrogen-bond donors (Lipinski definition) is 2. The Labute approximate surface area is 162 Å². The number of halogens is 1. The predicted octanol–water partition coefficient (Wildman–Crippen LogP) is 3.03. The lowest BCUT2D eigenvalue weighted by molar-refractivity contribution is -0.140. The van der Waals surface area contributed by atoms with Gasteiger partial charge in [-0.15, -0.1) is 6.58 Å². The second-order valence-electron chi connectivity index (χ2n) is 6.18. The Morgan fingerprint density at radius 2 is 2.04 bits per heavy atom. The van der Waals surface area contributed by atoms with Crippen LogP contribution in [0.3, 0.4) is 0 Å². The quantitative estimate of drug-likeness (QED) is 0.506. The molecule has 1 amide bonds. The summed E-state index contributed by atoms with van der Waals surface area (Å²) in [7, 11) is 0. The minimum Gasteiger partial charge on any atom is -0.480 e. The number of aliphatic carboxylic acids is 1. The number of carboxylic acids is 1. The van der Waals surface area contributed by atoms with E-state index in [0.717, 1.165) is 5.69 Å². The fourth-order valence-corrected chi connectivity index (χ4v) is 2.68. The monoisotopic (exact) mass is 391 g/mol. The molecule has 27 heavy (non-hydrogen) atoms. The van der Waals surface area contributed by atoms with E-state index >= 15 is 0 Å². The van der Waals surface area contributed by atoms with Gasteiger partial charge in [0.2, 0.25) is 0 Å². The van der Waals surface area contributed by atoms with Gasteiger partial charge in [0.25, 0.3) is 5.91 Å². The summed E-state index contributed by atoms with van der Waals surface area (Å²) in [6.07, 6.45) is 2.94. The second kappa shape index (κ2) is 9.34.